The zero-order valence-corrected chi connectivity index (χ0v) is 12.1. The molecule has 2 aromatic carbocycles. The summed E-state index contributed by atoms with van der Waals surface area (Å²) >= 11 is 0. The maximum atomic E-state index is 12.9. The van der Waals surface area contributed by atoms with E-state index in [1.807, 2.05) is 31.2 Å². The first-order valence-corrected chi connectivity index (χ1v) is 7.79. The Labute approximate surface area is 120 Å². The molecule has 2 aromatic rings. The van der Waals surface area contributed by atoms with E-state index < -0.39 is 10.8 Å². The maximum absolute atomic E-state index is 12.9. The molecule has 4 heteroatoms. The number of hydrogen-bond acceptors (Lipinski definition) is 2. The monoisotopic (exact) mass is 292 g/mol. The van der Waals surface area contributed by atoms with Crippen LogP contribution < -0.4 is 0 Å². The van der Waals surface area contributed by atoms with Crippen LogP contribution in [0, 0.1) is 5.82 Å². The van der Waals surface area contributed by atoms with Crippen molar-refractivity contribution in [3.05, 3.63) is 71.0 Å². The Balaban J connectivity index is 2.05. The van der Waals surface area contributed by atoms with Crippen molar-refractivity contribution in [1.29, 1.82) is 0 Å². The van der Waals surface area contributed by atoms with Crippen molar-refractivity contribution in [3.8, 4) is 0 Å². The highest BCUT2D eigenvalue weighted by atomic mass is 32.2. The van der Waals surface area contributed by atoms with Gasteiger partial charge in [-0.25, -0.2) is 4.39 Å². The molecule has 20 heavy (non-hydrogen) atoms. The summed E-state index contributed by atoms with van der Waals surface area (Å²) in [5.41, 5.74) is 2.68. The molecule has 106 valence electrons. The first-order valence-electron chi connectivity index (χ1n) is 6.41. The molecule has 0 heterocycles. The Morgan fingerprint density at radius 2 is 1.60 bits per heavy atom. The number of hydrogen-bond donors (Lipinski definition) is 1. The van der Waals surface area contributed by atoms with Crippen LogP contribution >= 0.6 is 0 Å². The Hall–Kier alpha value is -1.52. The van der Waals surface area contributed by atoms with E-state index in [0.29, 0.717) is 5.75 Å². The summed E-state index contributed by atoms with van der Waals surface area (Å²) in [6, 6.07) is 13.5. The average Bonchev–Trinajstić information content (AvgIpc) is 2.48. The van der Waals surface area contributed by atoms with Crippen LogP contribution in [0.1, 0.15) is 28.9 Å². The number of rotatable bonds is 5. The van der Waals surface area contributed by atoms with E-state index in [1.54, 1.807) is 12.1 Å². The van der Waals surface area contributed by atoms with Crippen molar-refractivity contribution in [3.63, 3.8) is 0 Å². The summed E-state index contributed by atoms with van der Waals surface area (Å²) < 4.78 is 25.2. The Bertz CT molecular complexity index is 578. The molecule has 0 saturated carbocycles. The maximum Gasteiger partial charge on any atom is 0.123 e. The summed E-state index contributed by atoms with van der Waals surface area (Å²) in [6.07, 6.45) is 0. The van der Waals surface area contributed by atoms with Crippen molar-refractivity contribution >= 4 is 10.8 Å². The molecule has 2 atom stereocenters. The molecular weight excluding hydrogens is 275 g/mol. The zero-order valence-electron chi connectivity index (χ0n) is 11.3. The van der Waals surface area contributed by atoms with Crippen LogP contribution in [-0.4, -0.2) is 9.32 Å². The Morgan fingerprint density at radius 3 is 2.15 bits per heavy atom. The number of aliphatic hydroxyl groups is 1. The minimum atomic E-state index is -1.07. The number of halogens is 1. The molecule has 0 aliphatic rings. The molecule has 0 aromatic heterocycles. The van der Waals surface area contributed by atoms with Crippen LogP contribution in [-0.2, 0) is 23.2 Å². The van der Waals surface area contributed by atoms with E-state index in [1.165, 1.54) is 12.1 Å². The highest BCUT2D eigenvalue weighted by Crippen LogP contribution is 2.22. The fraction of sp³-hybridized carbons (Fsp3) is 0.250. The highest BCUT2D eigenvalue weighted by molar-refractivity contribution is 7.84. The van der Waals surface area contributed by atoms with Crippen LogP contribution in [0.2, 0.25) is 0 Å². The highest BCUT2D eigenvalue weighted by Gasteiger charge is 2.14. The summed E-state index contributed by atoms with van der Waals surface area (Å²) in [5.74, 6) is 0.163. The van der Waals surface area contributed by atoms with Gasteiger partial charge in [0.15, 0.2) is 0 Å². The second kappa shape index (κ2) is 6.77. The smallest absolute Gasteiger partial charge is 0.123 e. The van der Waals surface area contributed by atoms with Crippen molar-refractivity contribution in [2.45, 2.75) is 24.5 Å². The third-order valence-corrected chi connectivity index (χ3v) is 4.93. The molecule has 2 unspecified atom stereocenters. The minimum Gasteiger partial charge on any atom is -0.392 e. The topological polar surface area (TPSA) is 37.3 Å². The molecule has 0 aliphatic heterocycles. The van der Waals surface area contributed by atoms with Crippen LogP contribution in [0.25, 0.3) is 0 Å². The van der Waals surface area contributed by atoms with Gasteiger partial charge < -0.3 is 5.11 Å². The van der Waals surface area contributed by atoms with Gasteiger partial charge >= 0.3 is 0 Å². The van der Waals surface area contributed by atoms with Crippen molar-refractivity contribution in [2.75, 3.05) is 0 Å². The van der Waals surface area contributed by atoms with Gasteiger partial charge in [0.25, 0.3) is 0 Å². The van der Waals surface area contributed by atoms with Crippen LogP contribution in [0.15, 0.2) is 48.5 Å². The van der Waals surface area contributed by atoms with E-state index in [-0.39, 0.29) is 17.7 Å². The normalized spacial score (nSPS) is 13.9. The van der Waals surface area contributed by atoms with Gasteiger partial charge in [0.05, 0.1) is 11.9 Å². The number of aliphatic hydroxyl groups excluding tert-OH is 1. The molecule has 0 bridgehead atoms. The zero-order chi connectivity index (χ0) is 14.5. The van der Waals surface area contributed by atoms with Gasteiger partial charge in [0, 0.05) is 16.6 Å². The lowest BCUT2D eigenvalue weighted by Gasteiger charge is -2.12. The van der Waals surface area contributed by atoms with Crippen LogP contribution in [0.5, 0.6) is 0 Å². The van der Waals surface area contributed by atoms with Gasteiger partial charge in [-0.1, -0.05) is 36.4 Å². The molecule has 0 saturated heterocycles. The third kappa shape index (κ3) is 3.74. The molecule has 2 rings (SSSR count). The molecule has 0 fully saturated rings. The molecule has 0 aliphatic carbocycles. The van der Waals surface area contributed by atoms with E-state index in [4.69, 9.17) is 5.11 Å². The van der Waals surface area contributed by atoms with E-state index in [9.17, 15) is 8.60 Å². The molecule has 2 nitrogen and oxygen atoms in total. The summed E-state index contributed by atoms with van der Waals surface area (Å²) in [6.45, 7) is 1.89. The fourth-order valence-corrected chi connectivity index (χ4v) is 3.15. The lowest BCUT2D eigenvalue weighted by Crippen LogP contribution is -2.05. The summed E-state index contributed by atoms with van der Waals surface area (Å²) in [4.78, 5) is 0. The Kier molecular flexibility index (Phi) is 5.04. The first kappa shape index (κ1) is 14.9. The van der Waals surface area contributed by atoms with Crippen LogP contribution in [0.3, 0.4) is 0 Å². The van der Waals surface area contributed by atoms with Crippen molar-refractivity contribution < 1.29 is 13.7 Å². The van der Waals surface area contributed by atoms with Crippen molar-refractivity contribution in [1.82, 2.24) is 0 Å². The second-order valence-corrected chi connectivity index (χ2v) is 6.45. The predicted octanol–water partition coefficient (Wildman–Crippen LogP) is 3.33. The molecule has 1 N–H and O–H groups in total. The summed E-state index contributed by atoms with van der Waals surface area (Å²) in [7, 11) is -1.07. The fourth-order valence-electron chi connectivity index (χ4n) is 1.92. The largest absolute Gasteiger partial charge is 0.392 e. The predicted molar refractivity (Wildman–Crippen MR) is 79.0 cm³/mol. The first-order chi connectivity index (χ1) is 9.60. The van der Waals surface area contributed by atoms with Gasteiger partial charge in [-0.2, -0.15) is 0 Å². The summed E-state index contributed by atoms with van der Waals surface area (Å²) in [5, 5.41) is 8.83. The number of benzene rings is 2. The Morgan fingerprint density at radius 1 is 1.05 bits per heavy atom. The van der Waals surface area contributed by atoms with E-state index in [0.717, 1.165) is 16.7 Å². The van der Waals surface area contributed by atoms with Gasteiger partial charge in [-0.15, -0.1) is 0 Å². The standard InChI is InChI=1S/C16H17FO2S/c1-12(15-6-8-16(17)9-7-15)20(19)11-14-4-2-13(10-18)3-5-14/h2-9,12,18H,10-11H2,1H3. The molecular formula is C16H17FO2S. The van der Waals surface area contributed by atoms with Crippen LogP contribution in [0.4, 0.5) is 4.39 Å². The second-order valence-electron chi connectivity index (χ2n) is 4.69. The average molecular weight is 292 g/mol. The van der Waals surface area contributed by atoms with Gasteiger partial charge in [0.2, 0.25) is 0 Å². The van der Waals surface area contributed by atoms with Gasteiger partial charge in [-0.3, -0.25) is 4.21 Å². The van der Waals surface area contributed by atoms with E-state index >= 15 is 0 Å². The lowest BCUT2D eigenvalue weighted by atomic mass is 10.2. The van der Waals surface area contributed by atoms with Crippen molar-refractivity contribution in [2.24, 2.45) is 0 Å². The lowest BCUT2D eigenvalue weighted by molar-refractivity contribution is 0.282. The SMILES string of the molecule is CC(c1ccc(F)cc1)S(=O)Cc1ccc(CO)cc1. The van der Waals surface area contributed by atoms with Gasteiger partial charge in [0.1, 0.15) is 5.82 Å². The van der Waals surface area contributed by atoms with Gasteiger partial charge in [-0.05, 0) is 35.7 Å². The third-order valence-electron chi connectivity index (χ3n) is 3.25. The molecule has 0 radical (unpaired) electrons. The van der Waals surface area contributed by atoms with E-state index in [2.05, 4.69) is 0 Å². The molecule has 0 amide bonds. The minimum absolute atomic E-state index is 0.00928. The molecule has 0 spiro atoms. The quantitative estimate of drug-likeness (QED) is 0.918.